The summed E-state index contributed by atoms with van der Waals surface area (Å²) in [5.41, 5.74) is -0.0358. The van der Waals surface area contributed by atoms with Crippen molar-refractivity contribution < 1.29 is 9.84 Å². The molecular weight excluding hydrogens is 152 g/mol. The van der Waals surface area contributed by atoms with Crippen LogP contribution in [0.2, 0.25) is 0 Å². The molecule has 0 radical (unpaired) electrons. The lowest BCUT2D eigenvalue weighted by Gasteiger charge is -2.21. The topological polar surface area (TPSA) is 32.8 Å². The standard InChI is InChI=1S/C10H14O2/c1-3-10-5-4-8(7(2)11)6-9(10)12-10/h3,8-9,11H,1-2,4-6H2. The Morgan fingerprint density at radius 1 is 1.67 bits per heavy atom. The number of hydrogen-bond acceptors (Lipinski definition) is 2. The molecule has 0 aromatic heterocycles. The van der Waals surface area contributed by atoms with Gasteiger partial charge in [-0.1, -0.05) is 12.7 Å². The van der Waals surface area contributed by atoms with Crippen molar-refractivity contribution in [2.24, 2.45) is 5.92 Å². The van der Waals surface area contributed by atoms with Crippen molar-refractivity contribution in [3.05, 3.63) is 25.0 Å². The molecule has 2 rings (SSSR count). The smallest absolute Gasteiger partial charge is 0.113 e. The summed E-state index contributed by atoms with van der Waals surface area (Å²) in [5, 5.41) is 9.19. The first-order valence-corrected chi connectivity index (χ1v) is 4.37. The van der Waals surface area contributed by atoms with Crippen molar-refractivity contribution >= 4 is 0 Å². The molecule has 12 heavy (non-hydrogen) atoms. The van der Waals surface area contributed by atoms with E-state index >= 15 is 0 Å². The number of rotatable bonds is 2. The summed E-state index contributed by atoms with van der Waals surface area (Å²) in [6.45, 7) is 7.31. The van der Waals surface area contributed by atoms with E-state index < -0.39 is 0 Å². The van der Waals surface area contributed by atoms with Crippen LogP contribution in [0.3, 0.4) is 0 Å². The molecule has 2 heteroatoms. The van der Waals surface area contributed by atoms with Gasteiger partial charge in [-0.2, -0.15) is 0 Å². The van der Waals surface area contributed by atoms with Crippen LogP contribution >= 0.6 is 0 Å². The lowest BCUT2D eigenvalue weighted by Crippen LogP contribution is -2.22. The van der Waals surface area contributed by atoms with E-state index in [1.54, 1.807) is 0 Å². The Bertz CT molecular complexity index is 234. The third-order valence-electron chi connectivity index (χ3n) is 3.05. The predicted octanol–water partition coefficient (Wildman–Crippen LogP) is 2.18. The van der Waals surface area contributed by atoms with E-state index in [-0.39, 0.29) is 17.6 Å². The van der Waals surface area contributed by atoms with Gasteiger partial charge >= 0.3 is 0 Å². The second kappa shape index (κ2) is 2.36. The summed E-state index contributed by atoms with van der Waals surface area (Å²) < 4.78 is 5.52. The number of allylic oxidation sites excluding steroid dienone is 1. The zero-order valence-electron chi connectivity index (χ0n) is 7.12. The average Bonchev–Trinajstić information content (AvgIpc) is 2.77. The van der Waals surface area contributed by atoms with E-state index in [2.05, 4.69) is 13.2 Å². The monoisotopic (exact) mass is 166 g/mol. The van der Waals surface area contributed by atoms with Gasteiger partial charge in [0.2, 0.25) is 0 Å². The molecule has 0 amide bonds. The molecule has 1 heterocycles. The molecule has 0 aromatic carbocycles. The second-order valence-electron chi connectivity index (χ2n) is 3.73. The van der Waals surface area contributed by atoms with Gasteiger partial charge in [-0.25, -0.2) is 0 Å². The molecule has 1 aliphatic carbocycles. The normalized spacial score (nSPS) is 44.7. The van der Waals surface area contributed by atoms with Crippen LogP contribution in [0.4, 0.5) is 0 Å². The van der Waals surface area contributed by atoms with Crippen molar-refractivity contribution in [3.8, 4) is 0 Å². The highest BCUT2D eigenvalue weighted by atomic mass is 16.6. The fraction of sp³-hybridized carbons (Fsp3) is 0.600. The fourth-order valence-corrected chi connectivity index (χ4v) is 2.06. The third kappa shape index (κ3) is 0.985. The highest BCUT2D eigenvalue weighted by Crippen LogP contribution is 2.51. The van der Waals surface area contributed by atoms with Gasteiger partial charge in [0.05, 0.1) is 11.9 Å². The summed E-state index contributed by atoms with van der Waals surface area (Å²) in [7, 11) is 0. The van der Waals surface area contributed by atoms with Crippen LogP contribution < -0.4 is 0 Å². The second-order valence-corrected chi connectivity index (χ2v) is 3.73. The highest BCUT2D eigenvalue weighted by Gasteiger charge is 2.57. The Balaban J connectivity index is 2.00. The van der Waals surface area contributed by atoms with Gasteiger partial charge in [-0.05, 0) is 19.3 Å². The molecule has 1 N–H and O–H groups in total. The Hall–Kier alpha value is -0.760. The first-order chi connectivity index (χ1) is 5.68. The van der Waals surface area contributed by atoms with Gasteiger partial charge in [0, 0.05) is 5.92 Å². The molecule has 1 aliphatic heterocycles. The van der Waals surface area contributed by atoms with E-state index in [0.717, 1.165) is 19.3 Å². The Morgan fingerprint density at radius 3 is 2.92 bits per heavy atom. The predicted molar refractivity (Wildman–Crippen MR) is 46.9 cm³/mol. The van der Waals surface area contributed by atoms with Crippen LogP contribution in [-0.2, 0) is 4.74 Å². The molecule has 2 nitrogen and oxygen atoms in total. The van der Waals surface area contributed by atoms with Crippen molar-refractivity contribution in [2.75, 3.05) is 0 Å². The number of fused-ring (bicyclic) bond motifs is 1. The van der Waals surface area contributed by atoms with Crippen LogP contribution in [0.15, 0.2) is 25.0 Å². The van der Waals surface area contributed by atoms with E-state index in [0.29, 0.717) is 5.76 Å². The molecule has 3 unspecified atom stereocenters. The van der Waals surface area contributed by atoms with Crippen molar-refractivity contribution in [1.82, 2.24) is 0 Å². The van der Waals surface area contributed by atoms with E-state index in [9.17, 15) is 5.11 Å². The average molecular weight is 166 g/mol. The van der Waals surface area contributed by atoms with Crippen LogP contribution in [-0.4, -0.2) is 16.8 Å². The number of aliphatic hydroxyl groups excluding tert-OH is 1. The van der Waals surface area contributed by atoms with Gasteiger partial charge in [0.15, 0.2) is 0 Å². The Labute approximate surface area is 72.5 Å². The summed E-state index contributed by atoms with van der Waals surface area (Å²) >= 11 is 0. The molecule has 3 atom stereocenters. The quantitative estimate of drug-likeness (QED) is 0.387. The van der Waals surface area contributed by atoms with Gasteiger partial charge in [0.1, 0.15) is 5.60 Å². The third-order valence-corrected chi connectivity index (χ3v) is 3.05. The number of hydrogen-bond donors (Lipinski definition) is 1. The van der Waals surface area contributed by atoms with E-state index in [1.165, 1.54) is 0 Å². The SMILES string of the molecule is C=CC12CCC(C(=C)O)CC1O2. The van der Waals surface area contributed by atoms with Crippen LogP contribution in [0, 0.1) is 5.92 Å². The van der Waals surface area contributed by atoms with Crippen LogP contribution in [0.1, 0.15) is 19.3 Å². The maximum atomic E-state index is 9.19. The number of epoxide rings is 1. The molecule has 2 aliphatic rings. The lowest BCUT2D eigenvalue weighted by molar-refractivity contribution is 0.284. The Kier molecular flexibility index (Phi) is 1.55. The first kappa shape index (κ1) is 7.87. The van der Waals surface area contributed by atoms with Crippen molar-refractivity contribution in [3.63, 3.8) is 0 Å². The molecule has 2 fully saturated rings. The maximum absolute atomic E-state index is 9.19. The largest absolute Gasteiger partial charge is 0.513 e. The molecular formula is C10H14O2. The zero-order valence-corrected chi connectivity index (χ0v) is 7.12. The molecule has 0 bridgehead atoms. The minimum absolute atomic E-state index is 0.0358. The van der Waals surface area contributed by atoms with Crippen molar-refractivity contribution in [1.29, 1.82) is 0 Å². The minimum Gasteiger partial charge on any atom is -0.513 e. The maximum Gasteiger partial charge on any atom is 0.113 e. The minimum atomic E-state index is -0.0358. The van der Waals surface area contributed by atoms with E-state index in [1.807, 2.05) is 6.08 Å². The van der Waals surface area contributed by atoms with Crippen LogP contribution in [0.5, 0.6) is 0 Å². The van der Waals surface area contributed by atoms with Gasteiger partial charge in [0.25, 0.3) is 0 Å². The summed E-state index contributed by atoms with van der Waals surface area (Å²) in [4.78, 5) is 0. The molecule has 66 valence electrons. The molecule has 1 saturated heterocycles. The highest BCUT2D eigenvalue weighted by molar-refractivity contribution is 5.18. The van der Waals surface area contributed by atoms with Crippen LogP contribution in [0.25, 0.3) is 0 Å². The van der Waals surface area contributed by atoms with Gasteiger partial charge in [-0.15, -0.1) is 6.58 Å². The Morgan fingerprint density at radius 2 is 2.42 bits per heavy atom. The first-order valence-electron chi connectivity index (χ1n) is 4.37. The summed E-state index contributed by atoms with van der Waals surface area (Å²) in [5.74, 6) is 0.550. The lowest BCUT2D eigenvalue weighted by atomic mass is 9.81. The summed E-state index contributed by atoms with van der Waals surface area (Å²) in [6, 6.07) is 0. The summed E-state index contributed by atoms with van der Waals surface area (Å²) in [6.07, 6.45) is 5.04. The molecule has 0 spiro atoms. The zero-order chi connectivity index (χ0) is 8.77. The fourth-order valence-electron chi connectivity index (χ4n) is 2.06. The number of ether oxygens (including phenoxy) is 1. The van der Waals surface area contributed by atoms with Crippen molar-refractivity contribution in [2.45, 2.75) is 31.0 Å². The number of aliphatic hydroxyl groups is 1. The molecule has 1 saturated carbocycles. The van der Waals surface area contributed by atoms with E-state index in [4.69, 9.17) is 4.74 Å². The van der Waals surface area contributed by atoms with Gasteiger partial charge < -0.3 is 9.84 Å². The van der Waals surface area contributed by atoms with Gasteiger partial charge in [-0.3, -0.25) is 0 Å². The molecule has 0 aromatic rings.